The zero-order valence-corrected chi connectivity index (χ0v) is 14.2. The molecular weight excluding hydrogens is 304 g/mol. The Kier molecular flexibility index (Phi) is 5.03. The number of anilines is 1. The first-order valence-electron chi connectivity index (χ1n) is 7.62. The summed E-state index contributed by atoms with van der Waals surface area (Å²) >= 11 is 1.80. The molecule has 118 valence electrons. The minimum absolute atomic E-state index is 0.854. The van der Waals surface area contributed by atoms with Crippen LogP contribution in [0.5, 0.6) is 5.75 Å². The van der Waals surface area contributed by atoms with Gasteiger partial charge in [0.25, 0.3) is 0 Å². The molecule has 0 radical (unpaired) electrons. The van der Waals surface area contributed by atoms with Gasteiger partial charge < -0.3 is 10.1 Å². The Labute approximate surface area is 141 Å². The standard InChI is InChI=1S/C19H20N2OS/c1-14-3-5-15(6-4-14)18(13-19-20-11-12-23-19)21-16-7-9-17(22-2)10-8-16/h3-10,13,21H,11-12H2,1-2H3/b18-13-. The number of aryl methyl sites for hydroxylation is 1. The molecule has 1 heterocycles. The molecule has 1 N–H and O–H groups in total. The molecule has 0 saturated heterocycles. The zero-order valence-electron chi connectivity index (χ0n) is 13.4. The van der Waals surface area contributed by atoms with E-state index >= 15 is 0 Å². The van der Waals surface area contributed by atoms with Crippen LogP contribution in [0.25, 0.3) is 5.70 Å². The van der Waals surface area contributed by atoms with Gasteiger partial charge in [0.1, 0.15) is 5.75 Å². The first-order chi connectivity index (χ1) is 11.2. The Hall–Kier alpha value is -2.20. The van der Waals surface area contributed by atoms with E-state index in [4.69, 9.17) is 4.74 Å². The van der Waals surface area contributed by atoms with E-state index in [-0.39, 0.29) is 0 Å². The Morgan fingerprint density at radius 2 is 1.87 bits per heavy atom. The number of nitrogens with zero attached hydrogens (tertiary/aromatic N) is 1. The Balaban J connectivity index is 1.89. The van der Waals surface area contributed by atoms with Crippen molar-refractivity contribution in [2.45, 2.75) is 6.92 Å². The molecule has 0 aliphatic carbocycles. The van der Waals surface area contributed by atoms with E-state index in [0.29, 0.717) is 0 Å². The van der Waals surface area contributed by atoms with Crippen LogP contribution in [0.1, 0.15) is 11.1 Å². The molecule has 0 saturated carbocycles. The van der Waals surface area contributed by atoms with Crippen molar-refractivity contribution in [1.82, 2.24) is 0 Å². The van der Waals surface area contributed by atoms with Crippen molar-refractivity contribution >= 4 is 28.2 Å². The Bertz CT molecular complexity index is 718. The van der Waals surface area contributed by atoms with Crippen LogP contribution in [-0.2, 0) is 0 Å². The van der Waals surface area contributed by atoms with Gasteiger partial charge >= 0.3 is 0 Å². The lowest BCUT2D eigenvalue weighted by Gasteiger charge is -2.13. The fraction of sp³-hybridized carbons (Fsp3) is 0.211. The number of rotatable bonds is 5. The third-order valence-electron chi connectivity index (χ3n) is 3.61. The lowest BCUT2D eigenvalue weighted by Crippen LogP contribution is -2.01. The second-order valence-corrected chi connectivity index (χ2v) is 6.46. The molecule has 23 heavy (non-hydrogen) atoms. The van der Waals surface area contributed by atoms with Gasteiger partial charge in [-0.1, -0.05) is 29.8 Å². The summed E-state index contributed by atoms with van der Waals surface area (Å²) in [6.45, 7) is 3.00. The lowest BCUT2D eigenvalue weighted by atomic mass is 10.1. The summed E-state index contributed by atoms with van der Waals surface area (Å²) in [5.41, 5.74) is 4.50. The fourth-order valence-corrected chi connectivity index (χ4v) is 3.09. The Morgan fingerprint density at radius 1 is 1.13 bits per heavy atom. The van der Waals surface area contributed by atoms with Crippen LogP contribution in [0.4, 0.5) is 5.69 Å². The summed E-state index contributed by atoms with van der Waals surface area (Å²) in [7, 11) is 1.68. The van der Waals surface area contributed by atoms with Crippen molar-refractivity contribution in [2.24, 2.45) is 4.99 Å². The third kappa shape index (κ3) is 4.17. The van der Waals surface area contributed by atoms with Crippen LogP contribution in [0.15, 0.2) is 59.6 Å². The van der Waals surface area contributed by atoms with Crippen molar-refractivity contribution in [1.29, 1.82) is 0 Å². The van der Waals surface area contributed by atoms with Gasteiger partial charge in [0.05, 0.1) is 12.2 Å². The summed E-state index contributed by atoms with van der Waals surface area (Å²) in [6.07, 6.45) is 2.13. The highest BCUT2D eigenvalue weighted by Gasteiger charge is 2.09. The molecule has 0 fully saturated rings. The lowest BCUT2D eigenvalue weighted by molar-refractivity contribution is 0.415. The fourth-order valence-electron chi connectivity index (χ4n) is 2.32. The highest BCUT2D eigenvalue weighted by molar-refractivity contribution is 8.14. The number of thioether (sulfide) groups is 1. The van der Waals surface area contributed by atoms with Gasteiger partial charge in [0.2, 0.25) is 0 Å². The van der Waals surface area contributed by atoms with Crippen molar-refractivity contribution in [3.05, 3.63) is 65.7 Å². The van der Waals surface area contributed by atoms with Gasteiger partial charge in [0, 0.05) is 23.7 Å². The maximum Gasteiger partial charge on any atom is 0.119 e. The van der Waals surface area contributed by atoms with Crippen LogP contribution in [0, 0.1) is 6.92 Å². The predicted molar refractivity (Wildman–Crippen MR) is 101 cm³/mol. The number of hydrogen-bond donors (Lipinski definition) is 1. The topological polar surface area (TPSA) is 33.6 Å². The van der Waals surface area contributed by atoms with Crippen LogP contribution in [0.3, 0.4) is 0 Å². The number of aliphatic imine (C=N–C) groups is 1. The van der Waals surface area contributed by atoms with E-state index in [9.17, 15) is 0 Å². The van der Waals surface area contributed by atoms with Gasteiger partial charge in [-0.2, -0.15) is 0 Å². The minimum Gasteiger partial charge on any atom is -0.497 e. The maximum absolute atomic E-state index is 5.21. The second kappa shape index (κ2) is 7.38. The second-order valence-electron chi connectivity index (χ2n) is 5.35. The van der Waals surface area contributed by atoms with Crippen LogP contribution in [0.2, 0.25) is 0 Å². The highest BCUT2D eigenvalue weighted by atomic mass is 32.2. The SMILES string of the molecule is COc1ccc(N/C(=C\C2=NCCS2)c2ccc(C)cc2)cc1. The van der Waals surface area contributed by atoms with Crippen molar-refractivity contribution in [3.63, 3.8) is 0 Å². The third-order valence-corrected chi connectivity index (χ3v) is 4.54. The van der Waals surface area contributed by atoms with E-state index in [2.05, 4.69) is 47.6 Å². The van der Waals surface area contributed by atoms with Gasteiger partial charge in [-0.05, 0) is 42.8 Å². The van der Waals surface area contributed by atoms with Crippen LogP contribution >= 0.6 is 11.8 Å². The summed E-state index contributed by atoms with van der Waals surface area (Å²) in [5.74, 6) is 1.92. The quantitative estimate of drug-likeness (QED) is 0.872. The van der Waals surface area contributed by atoms with Crippen molar-refractivity contribution in [2.75, 3.05) is 24.7 Å². The zero-order chi connectivity index (χ0) is 16.1. The van der Waals surface area contributed by atoms with Gasteiger partial charge in [-0.25, -0.2) is 0 Å². The van der Waals surface area contributed by atoms with Crippen molar-refractivity contribution < 1.29 is 4.74 Å². The first-order valence-corrected chi connectivity index (χ1v) is 8.60. The van der Waals surface area contributed by atoms with E-state index in [1.807, 2.05) is 24.3 Å². The summed E-state index contributed by atoms with van der Waals surface area (Å²) in [5, 5.41) is 4.59. The molecular formula is C19H20N2OS. The number of methoxy groups -OCH3 is 1. The average Bonchev–Trinajstić information content (AvgIpc) is 3.09. The van der Waals surface area contributed by atoms with E-state index in [1.54, 1.807) is 18.9 Å². The molecule has 2 aromatic carbocycles. The van der Waals surface area contributed by atoms with E-state index in [1.165, 1.54) is 5.56 Å². The average molecular weight is 324 g/mol. The summed E-state index contributed by atoms with van der Waals surface area (Å²) < 4.78 is 5.21. The van der Waals surface area contributed by atoms with Crippen LogP contribution < -0.4 is 10.1 Å². The molecule has 0 spiro atoms. The molecule has 0 atom stereocenters. The van der Waals surface area contributed by atoms with E-state index < -0.39 is 0 Å². The predicted octanol–water partition coefficient (Wildman–Crippen LogP) is 4.60. The smallest absolute Gasteiger partial charge is 0.119 e. The molecule has 3 nitrogen and oxygen atoms in total. The molecule has 4 heteroatoms. The minimum atomic E-state index is 0.854. The van der Waals surface area contributed by atoms with Gasteiger partial charge in [-0.15, -0.1) is 11.8 Å². The first kappa shape index (κ1) is 15.7. The monoisotopic (exact) mass is 324 g/mol. The van der Waals surface area contributed by atoms with Gasteiger partial charge in [0.15, 0.2) is 0 Å². The summed E-state index contributed by atoms with van der Waals surface area (Å²) in [6, 6.07) is 16.5. The maximum atomic E-state index is 5.21. The molecule has 0 unspecified atom stereocenters. The largest absolute Gasteiger partial charge is 0.497 e. The van der Waals surface area contributed by atoms with Crippen molar-refractivity contribution in [3.8, 4) is 5.75 Å². The molecule has 1 aliphatic rings. The van der Waals surface area contributed by atoms with E-state index in [0.717, 1.165) is 40.0 Å². The number of hydrogen-bond acceptors (Lipinski definition) is 4. The van der Waals surface area contributed by atoms with Gasteiger partial charge in [-0.3, -0.25) is 4.99 Å². The Morgan fingerprint density at radius 3 is 2.48 bits per heavy atom. The molecule has 0 aromatic heterocycles. The molecule has 0 amide bonds. The number of nitrogens with one attached hydrogen (secondary N) is 1. The van der Waals surface area contributed by atoms with Crippen LogP contribution in [-0.4, -0.2) is 24.5 Å². The molecule has 2 aromatic rings. The molecule has 1 aliphatic heterocycles. The highest BCUT2D eigenvalue weighted by Crippen LogP contribution is 2.24. The normalized spacial score (nSPS) is 14.5. The number of ether oxygens (including phenoxy) is 1. The number of benzene rings is 2. The molecule has 0 bridgehead atoms. The summed E-state index contributed by atoms with van der Waals surface area (Å²) in [4.78, 5) is 4.53. The molecule has 3 rings (SSSR count).